The number of benzene rings is 1. The lowest BCUT2D eigenvalue weighted by Crippen LogP contribution is -2.12. The number of fused-ring (bicyclic) bond motifs is 1. The van der Waals surface area contributed by atoms with Gasteiger partial charge in [0.15, 0.2) is 0 Å². The lowest BCUT2D eigenvalue weighted by molar-refractivity contribution is 0.570. The van der Waals surface area contributed by atoms with E-state index >= 15 is 0 Å². The van der Waals surface area contributed by atoms with Gasteiger partial charge in [0.05, 0.1) is 0 Å². The zero-order chi connectivity index (χ0) is 12.2. The van der Waals surface area contributed by atoms with Gasteiger partial charge in [-0.05, 0) is 11.5 Å². The van der Waals surface area contributed by atoms with Crippen LogP contribution in [0.4, 0.5) is 0 Å². The minimum Gasteiger partial charge on any atom is -0.260 e. The quantitative estimate of drug-likeness (QED) is 0.628. The van der Waals surface area contributed by atoms with Gasteiger partial charge in [-0.1, -0.05) is 58.9 Å². The molecule has 0 saturated carbocycles. The first-order chi connectivity index (χ1) is 7.57. The second-order valence-corrected chi connectivity index (χ2v) is 4.67. The van der Waals surface area contributed by atoms with Crippen molar-refractivity contribution in [1.82, 2.24) is 4.98 Å². The summed E-state index contributed by atoms with van der Waals surface area (Å²) in [6.07, 6.45) is 1.95. The zero-order valence-corrected chi connectivity index (χ0v) is 10.9. The number of aromatic nitrogens is 1. The molecule has 0 atom stereocenters. The summed E-state index contributed by atoms with van der Waals surface area (Å²) in [7, 11) is 0. The summed E-state index contributed by atoms with van der Waals surface area (Å²) in [5.74, 6) is 0. The average Bonchev–Trinajstić information content (AvgIpc) is 2.30. The molecule has 1 aromatic carbocycles. The maximum absolute atomic E-state index is 4.48. The third-order valence-corrected chi connectivity index (χ3v) is 2.40. The minimum atomic E-state index is 0.129. The predicted octanol–water partition coefficient (Wildman–Crippen LogP) is 4.56. The van der Waals surface area contributed by atoms with E-state index in [1.807, 2.05) is 26.1 Å². The molecule has 1 aromatic heterocycles. The standard InChI is InChI=1S/C13H15N.C2H6/c1-13(2,3)12-8-10-6-4-5-7-11(10)9-14-12;1-2/h4-9H,1-3H3;1-2H3. The van der Waals surface area contributed by atoms with Crippen LogP contribution in [-0.2, 0) is 5.41 Å². The first-order valence-corrected chi connectivity index (χ1v) is 5.93. The number of hydrogen-bond donors (Lipinski definition) is 0. The van der Waals surface area contributed by atoms with Crippen molar-refractivity contribution >= 4 is 10.8 Å². The molecular weight excluding hydrogens is 194 g/mol. The largest absolute Gasteiger partial charge is 0.260 e. The molecule has 0 fully saturated rings. The Morgan fingerprint density at radius 1 is 0.938 bits per heavy atom. The highest BCUT2D eigenvalue weighted by Gasteiger charge is 2.14. The van der Waals surface area contributed by atoms with Crippen molar-refractivity contribution in [1.29, 1.82) is 0 Å². The summed E-state index contributed by atoms with van der Waals surface area (Å²) >= 11 is 0. The van der Waals surface area contributed by atoms with Gasteiger partial charge < -0.3 is 0 Å². The van der Waals surface area contributed by atoms with E-state index in [2.05, 4.69) is 50.0 Å². The Hall–Kier alpha value is -1.37. The first kappa shape index (κ1) is 12.7. The smallest absolute Gasteiger partial charge is 0.0463 e. The maximum Gasteiger partial charge on any atom is 0.0463 e. The van der Waals surface area contributed by atoms with E-state index in [1.165, 1.54) is 10.8 Å². The molecule has 0 N–H and O–H groups in total. The minimum absolute atomic E-state index is 0.129. The fourth-order valence-corrected chi connectivity index (χ4v) is 1.49. The van der Waals surface area contributed by atoms with E-state index < -0.39 is 0 Å². The van der Waals surface area contributed by atoms with Crippen molar-refractivity contribution in [3.05, 3.63) is 42.2 Å². The molecule has 0 spiro atoms. The van der Waals surface area contributed by atoms with Gasteiger partial charge in [-0.15, -0.1) is 0 Å². The molecule has 0 unspecified atom stereocenters. The molecule has 2 rings (SSSR count). The molecule has 1 nitrogen and oxygen atoms in total. The molecule has 2 aromatic rings. The van der Waals surface area contributed by atoms with Gasteiger partial charge in [-0.25, -0.2) is 0 Å². The summed E-state index contributed by atoms with van der Waals surface area (Å²) in [5.41, 5.74) is 1.28. The van der Waals surface area contributed by atoms with Gasteiger partial charge >= 0.3 is 0 Å². The Morgan fingerprint density at radius 2 is 1.50 bits per heavy atom. The summed E-state index contributed by atoms with van der Waals surface area (Å²) < 4.78 is 0. The maximum atomic E-state index is 4.48. The van der Waals surface area contributed by atoms with Crippen LogP contribution in [0.3, 0.4) is 0 Å². The second kappa shape index (κ2) is 5.11. The third-order valence-electron chi connectivity index (χ3n) is 2.40. The van der Waals surface area contributed by atoms with E-state index in [4.69, 9.17) is 0 Å². The van der Waals surface area contributed by atoms with Crippen LogP contribution >= 0.6 is 0 Å². The molecule has 86 valence electrons. The van der Waals surface area contributed by atoms with Gasteiger partial charge in [0.1, 0.15) is 0 Å². The molecule has 0 aliphatic heterocycles. The van der Waals surface area contributed by atoms with Gasteiger partial charge in [0.2, 0.25) is 0 Å². The van der Waals surface area contributed by atoms with Crippen LogP contribution in [0, 0.1) is 0 Å². The van der Waals surface area contributed by atoms with Gasteiger partial charge in [0, 0.05) is 22.7 Å². The molecule has 1 heteroatoms. The SMILES string of the molecule is CC.CC(C)(C)c1cc2ccccc2cn1. The second-order valence-electron chi connectivity index (χ2n) is 4.67. The molecular formula is C15H21N. The van der Waals surface area contributed by atoms with E-state index in [1.54, 1.807) is 0 Å². The van der Waals surface area contributed by atoms with Crippen molar-refractivity contribution in [2.45, 2.75) is 40.0 Å². The highest BCUT2D eigenvalue weighted by atomic mass is 14.7. The summed E-state index contributed by atoms with van der Waals surface area (Å²) in [5, 5.41) is 2.48. The normalized spacial score (nSPS) is 10.8. The number of nitrogens with zero attached hydrogens (tertiary/aromatic N) is 1. The van der Waals surface area contributed by atoms with Crippen molar-refractivity contribution in [2.75, 3.05) is 0 Å². The van der Waals surface area contributed by atoms with E-state index in [9.17, 15) is 0 Å². The zero-order valence-electron chi connectivity index (χ0n) is 10.9. The van der Waals surface area contributed by atoms with Crippen LogP contribution in [0.2, 0.25) is 0 Å². The first-order valence-electron chi connectivity index (χ1n) is 5.93. The number of rotatable bonds is 0. The molecule has 0 radical (unpaired) electrons. The molecule has 0 saturated heterocycles. The van der Waals surface area contributed by atoms with Gasteiger partial charge in [-0.3, -0.25) is 4.98 Å². The molecule has 0 bridgehead atoms. The van der Waals surface area contributed by atoms with Crippen LogP contribution < -0.4 is 0 Å². The van der Waals surface area contributed by atoms with Crippen molar-refractivity contribution in [3.63, 3.8) is 0 Å². The van der Waals surface area contributed by atoms with Crippen LogP contribution in [-0.4, -0.2) is 4.98 Å². The highest BCUT2D eigenvalue weighted by Crippen LogP contribution is 2.23. The molecule has 16 heavy (non-hydrogen) atoms. The Labute approximate surface area is 98.5 Å². The van der Waals surface area contributed by atoms with Crippen molar-refractivity contribution in [2.24, 2.45) is 0 Å². The summed E-state index contributed by atoms with van der Waals surface area (Å²) in [6, 6.07) is 10.5. The van der Waals surface area contributed by atoms with Gasteiger partial charge in [0.25, 0.3) is 0 Å². The van der Waals surface area contributed by atoms with Crippen molar-refractivity contribution in [3.8, 4) is 0 Å². The Bertz CT molecular complexity index is 452. The summed E-state index contributed by atoms with van der Waals surface area (Å²) in [4.78, 5) is 4.48. The molecule has 0 aliphatic rings. The monoisotopic (exact) mass is 215 g/mol. The van der Waals surface area contributed by atoms with Crippen LogP contribution in [0.25, 0.3) is 10.8 Å². The fraction of sp³-hybridized carbons (Fsp3) is 0.400. The van der Waals surface area contributed by atoms with Crippen LogP contribution in [0.15, 0.2) is 36.5 Å². The number of hydrogen-bond acceptors (Lipinski definition) is 1. The molecule has 1 heterocycles. The van der Waals surface area contributed by atoms with E-state index in [0.29, 0.717) is 0 Å². The Kier molecular flexibility index (Phi) is 4.05. The van der Waals surface area contributed by atoms with E-state index in [0.717, 1.165) is 5.69 Å². The fourth-order valence-electron chi connectivity index (χ4n) is 1.49. The Morgan fingerprint density at radius 3 is 2.06 bits per heavy atom. The lowest BCUT2D eigenvalue weighted by Gasteiger charge is -2.17. The van der Waals surface area contributed by atoms with Crippen LogP contribution in [0.5, 0.6) is 0 Å². The average molecular weight is 215 g/mol. The topological polar surface area (TPSA) is 12.9 Å². The summed E-state index contributed by atoms with van der Waals surface area (Å²) in [6.45, 7) is 10.6. The Balaban J connectivity index is 0.000000606. The molecule has 0 aliphatic carbocycles. The number of pyridine rings is 1. The molecule has 0 amide bonds. The third kappa shape index (κ3) is 2.82. The van der Waals surface area contributed by atoms with Gasteiger partial charge in [-0.2, -0.15) is 0 Å². The van der Waals surface area contributed by atoms with Crippen LogP contribution in [0.1, 0.15) is 40.3 Å². The van der Waals surface area contributed by atoms with E-state index in [-0.39, 0.29) is 5.41 Å². The highest BCUT2D eigenvalue weighted by molar-refractivity contribution is 5.81. The lowest BCUT2D eigenvalue weighted by atomic mass is 9.91. The van der Waals surface area contributed by atoms with Crippen molar-refractivity contribution < 1.29 is 0 Å². The predicted molar refractivity (Wildman–Crippen MR) is 71.8 cm³/mol.